The Kier molecular flexibility index (Phi) is 2.75. The lowest BCUT2D eigenvalue weighted by Crippen LogP contribution is -2.48. The second-order valence-corrected chi connectivity index (χ2v) is 4.69. The van der Waals surface area contributed by atoms with Crippen molar-refractivity contribution < 1.29 is 15.4 Å². The van der Waals surface area contributed by atoms with Crippen molar-refractivity contribution in [3.05, 3.63) is 11.1 Å². The van der Waals surface area contributed by atoms with Gasteiger partial charge in [-0.1, -0.05) is 0 Å². The summed E-state index contributed by atoms with van der Waals surface area (Å²) in [5, 5.41) is 31.3. The first-order valence-corrected chi connectivity index (χ1v) is 4.72. The molecule has 2 N–H and O–H groups in total. The summed E-state index contributed by atoms with van der Waals surface area (Å²) >= 11 is 0. The SMILES string of the molecule is CC1(C)C(CO)=C(CO)C(C)(C)N1[O]. The fourth-order valence-corrected chi connectivity index (χ4v) is 2.26. The molecule has 14 heavy (non-hydrogen) atoms. The molecule has 0 atom stereocenters. The quantitative estimate of drug-likeness (QED) is 0.637. The maximum absolute atomic E-state index is 11.9. The Morgan fingerprint density at radius 1 is 1.00 bits per heavy atom. The monoisotopic (exact) mass is 200 g/mol. The molecule has 81 valence electrons. The molecule has 1 aliphatic heterocycles. The Morgan fingerprint density at radius 3 is 1.50 bits per heavy atom. The van der Waals surface area contributed by atoms with Crippen molar-refractivity contribution in [2.24, 2.45) is 0 Å². The van der Waals surface area contributed by atoms with Crippen LogP contribution in [0.2, 0.25) is 0 Å². The third-order valence-electron chi connectivity index (χ3n) is 3.17. The van der Waals surface area contributed by atoms with Gasteiger partial charge in [0.15, 0.2) is 0 Å². The number of rotatable bonds is 2. The van der Waals surface area contributed by atoms with Gasteiger partial charge in [-0.05, 0) is 38.8 Å². The Bertz CT molecular complexity index is 243. The van der Waals surface area contributed by atoms with Crippen molar-refractivity contribution in [1.29, 1.82) is 0 Å². The molecule has 1 radical (unpaired) electrons. The summed E-state index contributed by atoms with van der Waals surface area (Å²) in [6.45, 7) is 6.69. The first-order chi connectivity index (χ1) is 6.30. The van der Waals surface area contributed by atoms with E-state index in [1.807, 2.05) is 0 Å². The molecule has 0 aromatic heterocycles. The lowest BCUT2D eigenvalue weighted by atomic mass is 9.91. The summed E-state index contributed by atoms with van der Waals surface area (Å²) in [5.41, 5.74) is -0.174. The molecule has 0 bridgehead atoms. The van der Waals surface area contributed by atoms with Gasteiger partial charge >= 0.3 is 0 Å². The van der Waals surface area contributed by atoms with Gasteiger partial charge in [-0.3, -0.25) is 0 Å². The molecule has 4 heteroatoms. The zero-order valence-electron chi connectivity index (χ0n) is 9.16. The minimum absolute atomic E-state index is 0.176. The van der Waals surface area contributed by atoms with E-state index >= 15 is 0 Å². The van der Waals surface area contributed by atoms with Crippen molar-refractivity contribution in [2.75, 3.05) is 13.2 Å². The lowest BCUT2D eigenvalue weighted by molar-refractivity contribution is -0.241. The molecule has 0 aromatic carbocycles. The molecule has 0 aromatic rings. The molecule has 0 unspecified atom stereocenters. The second kappa shape index (κ2) is 3.31. The van der Waals surface area contributed by atoms with Gasteiger partial charge in [-0.2, -0.15) is 0 Å². The minimum Gasteiger partial charge on any atom is -0.392 e. The third-order valence-corrected chi connectivity index (χ3v) is 3.17. The Balaban J connectivity index is 3.28. The van der Waals surface area contributed by atoms with Gasteiger partial charge in [0, 0.05) is 0 Å². The smallest absolute Gasteiger partial charge is 0.0681 e. The molecule has 0 fully saturated rings. The molecular formula is C10H18NO3. The zero-order chi connectivity index (χ0) is 11.1. The molecule has 0 saturated carbocycles. The van der Waals surface area contributed by atoms with E-state index in [4.69, 9.17) is 0 Å². The van der Waals surface area contributed by atoms with E-state index in [1.54, 1.807) is 27.7 Å². The maximum Gasteiger partial charge on any atom is 0.0681 e. The van der Waals surface area contributed by atoms with Gasteiger partial charge in [-0.15, -0.1) is 10.3 Å². The van der Waals surface area contributed by atoms with Crippen molar-refractivity contribution in [3.63, 3.8) is 0 Å². The fourth-order valence-electron chi connectivity index (χ4n) is 2.26. The highest BCUT2D eigenvalue weighted by molar-refractivity contribution is 5.38. The first kappa shape index (κ1) is 11.7. The van der Waals surface area contributed by atoms with Crippen molar-refractivity contribution in [1.82, 2.24) is 5.06 Å². The van der Waals surface area contributed by atoms with Crippen LogP contribution in [-0.4, -0.2) is 39.6 Å². The van der Waals surface area contributed by atoms with Gasteiger partial charge in [-0.25, -0.2) is 0 Å². The summed E-state index contributed by atoms with van der Waals surface area (Å²) in [4.78, 5) is 0. The van der Waals surface area contributed by atoms with E-state index in [-0.39, 0.29) is 13.2 Å². The number of nitrogens with zero attached hydrogens (tertiary/aromatic N) is 1. The average Bonchev–Trinajstić information content (AvgIpc) is 2.22. The summed E-state index contributed by atoms with van der Waals surface area (Å²) in [6.07, 6.45) is 0. The van der Waals surface area contributed by atoms with Crippen LogP contribution in [0.4, 0.5) is 0 Å². The first-order valence-electron chi connectivity index (χ1n) is 4.72. The summed E-state index contributed by atoms with van der Waals surface area (Å²) in [5.74, 6) is 0. The van der Waals surface area contributed by atoms with Crippen LogP contribution in [0.25, 0.3) is 0 Å². The Hall–Kier alpha value is -0.420. The number of hydroxylamine groups is 2. The van der Waals surface area contributed by atoms with E-state index in [2.05, 4.69) is 0 Å². The molecule has 4 nitrogen and oxygen atoms in total. The van der Waals surface area contributed by atoms with Crippen molar-refractivity contribution >= 4 is 0 Å². The van der Waals surface area contributed by atoms with E-state index in [9.17, 15) is 15.4 Å². The van der Waals surface area contributed by atoms with Crippen LogP contribution in [0.1, 0.15) is 27.7 Å². The molecule has 0 aliphatic carbocycles. The highest BCUT2D eigenvalue weighted by atomic mass is 16.5. The predicted molar refractivity (Wildman–Crippen MR) is 51.9 cm³/mol. The summed E-state index contributed by atoms with van der Waals surface area (Å²) in [6, 6.07) is 0. The highest BCUT2D eigenvalue weighted by Crippen LogP contribution is 2.43. The van der Waals surface area contributed by atoms with E-state index in [0.29, 0.717) is 11.1 Å². The molecular weight excluding hydrogens is 182 g/mol. The number of aliphatic hydroxyl groups is 2. The third kappa shape index (κ3) is 1.30. The fraction of sp³-hybridized carbons (Fsp3) is 0.800. The van der Waals surface area contributed by atoms with E-state index < -0.39 is 11.1 Å². The topological polar surface area (TPSA) is 63.6 Å². The molecule has 1 heterocycles. The summed E-state index contributed by atoms with van der Waals surface area (Å²) < 4.78 is 0. The normalized spacial score (nSPS) is 25.9. The van der Waals surface area contributed by atoms with Crippen molar-refractivity contribution in [2.45, 2.75) is 38.8 Å². The van der Waals surface area contributed by atoms with Crippen LogP contribution in [0.5, 0.6) is 0 Å². The molecule has 1 aliphatic rings. The second-order valence-electron chi connectivity index (χ2n) is 4.69. The average molecular weight is 200 g/mol. The van der Waals surface area contributed by atoms with E-state index in [1.165, 1.54) is 0 Å². The maximum atomic E-state index is 11.9. The van der Waals surface area contributed by atoms with Crippen LogP contribution < -0.4 is 0 Å². The molecule has 1 rings (SSSR count). The minimum atomic E-state index is -0.726. The number of hydrogen-bond acceptors (Lipinski definition) is 3. The standard InChI is InChI=1S/C10H18NO3/c1-9(2)7(5-12)8(6-13)10(3,4)11(9)14/h12-13H,5-6H2,1-4H3. The Morgan fingerprint density at radius 2 is 1.29 bits per heavy atom. The molecule has 0 spiro atoms. The molecule has 0 saturated heterocycles. The Labute approximate surface area is 84.4 Å². The predicted octanol–water partition coefficient (Wildman–Crippen LogP) is 0.486. The van der Waals surface area contributed by atoms with E-state index in [0.717, 1.165) is 5.06 Å². The van der Waals surface area contributed by atoms with Crippen LogP contribution in [-0.2, 0) is 5.21 Å². The van der Waals surface area contributed by atoms with Crippen LogP contribution >= 0.6 is 0 Å². The van der Waals surface area contributed by atoms with Crippen molar-refractivity contribution in [3.8, 4) is 0 Å². The highest BCUT2D eigenvalue weighted by Gasteiger charge is 2.50. The summed E-state index contributed by atoms with van der Waals surface area (Å²) in [7, 11) is 0. The molecule has 0 amide bonds. The lowest BCUT2D eigenvalue weighted by Gasteiger charge is -2.34. The van der Waals surface area contributed by atoms with Gasteiger partial charge < -0.3 is 10.2 Å². The van der Waals surface area contributed by atoms with Crippen LogP contribution in [0, 0.1) is 0 Å². The largest absolute Gasteiger partial charge is 0.392 e. The number of aliphatic hydroxyl groups excluding tert-OH is 2. The van der Waals surface area contributed by atoms with Gasteiger partial charge in [0.2, 0.25) is 0 Å². The number of hydrogen-bond donors (Lipinski definition) is 2. The zero-order valence-corrected chi connectivity index (χ0v) is 9.16. The van der Waals surface area contributed by atoms with Gasteiger partial charge in [0.05, 0.1) is 24.3 Å². The van der Waals surface area contributed by atoms with Crippen LogP contribution in [0.15, 0.2) is 11.1 Å². The van der Waals surface area contributed by atoms with Gasteiger partial charge in [0.1, 0.15) is 0 Å². The van der Waals surface area contributed by atoms with Gasteiger partial charge in [0.25, 0.3) is 0 Å². The van der Waals surface area contributed by atoms with Crippen LogP contribution in [0.3, 0.4) is 0 Å².